The second-order valence-electron chi connectivity index (χ2n) is 5.50. The SMILES string of the molecule is COC(=O)C1C2CCC(N2)C1C1=CC(Cl)=C(Cl)CC1. The van der Waals surface area contributed by atoms with Crippen LogP contribution in [0.5, 0.6) is 0 Å². The quantitative estimate of drug-likeness (QED) is 0.797. The third-order valence-electron chi connectivity index (χ3n) is 4.58. The lowest BCUT2D eigenvalue weighted by atomic mass is 9.73. The van der Waals surface area contributed by atoms with Gasteiger partial charge in [0.05, 0.1) is 18.1 Å². The highest BCUT2D eigenvalue weighted by atomic mass is 35.5. The lowest BCUT2D eigenvalue weighted by Gasteiger charge is -2.31. The van der Waals surface area contributed by atoms with E-state index in [2.05, 4.69) is 5.32 Å². The Bertz CT molecular complexity index is 472. The van der Waals surface area contributed by atoms with Gasteiger partial charge in [-0.25, -0.2) is 0 Å². The van der Waals surface area contributed by atoms with E-state index in [-0.39, 0.29) is 23.8 Å². The van der Waals surface area contributed by atoms with Gasteiger partial charge in [0.25, 0.3) is 0 Å². The predicted octanol–water partition coefficient (Wildman–Crippen LogP) is 2.94. The second-order valence-corrected chi connectivity index (χ2v) is 6.37. The van der Waals surface area contributed by atoms with E-state index >= 15 is 0 Å². The molecule has 2 heterocycles. The van der Waals surface area contributed by atoms with Crippen LogP contribution in [0.1, 0.15) is 25.7 Å². The molecule has 0 spiro atoms. The number of esters is 1. The number of nitrogens with one attached hydrogen (secondary N) is 1. The monoisotopic (exact) mass is 301 g/mol. The summed E-state index contributed by atoms with van der Waals surface area (Å²) in [6.07, 6.45) is 5.79. The number of halogens is 2. The van der Waals surface area contributed by atoms with Gasteiger partial charge in [0, 0.05) is 23.0 Å². The van der Waals surface area contributed by atoms with Crippen LogP contribution in [0.15, 0.2) is 21.7 Å². The molecule has 4 unspecified atom stereocenters. The molecule has 0 aromatic heterocycles. The highest BCUT2D eigenvalue weighted by Crippen LogP contribution is 2.46. The fourth-order valence-corrected chi connectivity index (χ4v) is 4.14. The molecule has 1 aliphatic carbocycles. The van der Waals surface area contributed by atoms with Gasteiger partial charge in [0.2, 0.25) is 0 Å². The van der Waals surface area contributed by atoms with Crippen LogP contribution >= 0.6 is 23.2 Å². The van der Waals surface area contributed by atoms with Gasteiger partial charge in [0.15, 0.2) is 0 Å². The Hall–Kier alpha value is -0.510. The third kappa shape index (κ3) is 2.22. The van der Waals surface area contributed by atoms with Gasteiger partial charge in [-0.15, -0.1) is 0 Å². The van der Waals surface area contributed by atoms with Crippen LogP contribution in [0.4, 0.5) is 0 Å². The molecule has 0 aromatic carbocycles. The number of rotatable bonds is 2. The van der Waals surface area contributed by atoms with Gasteiger partial charge in [-0.1, -0.05) is 28.8 Å². The number of ether oxygens (including phenoxy) is 1. The van der Waals surface area contributed by atoms with Crippen LogP contribution in [0.3, 0.4) is 0 Å². The Balaban J connectivity index is 1.90. The summed E-state index contributed by atoms with van der Waals surface area (Å²) in [5.74, 6) is 0.0310. The number of fused-ring (bicyclic) bond motifs is 2. The summed E-state index contributed by atoms with van der Waals surface area (Å²) < 4.78 is 4.98. The summed E-state index contributed by atoms with van der Waals surface area (Å²) in [6, 6.07) is 0.630. The van der Waals surface area contributed by atoms with Gasteiger partial charge in [-0.2, -0.15) is 0 Å². The van der Waals surface area contributed by atoms with Crippen molar-refractivity contribution in [2.24, 2.45) is 11.8 Å². The molecule has 2 aliphatic heterocycles. The molecule has 19 heavy (non-hydrogen) atoms. The van der Waals surface area contributed by atoms with Crippen LogP contribution in [0.25, 0.3) is 0 Å². The fourth-order valence-electron chi connectivity index (χ4n) is 3.75. The highest BCUT2D eigenvalue weighted by molar-refractivity contribution is 6.40. The van der Waals surface area contributed by atoms with E-state index in [4.69, 9.17) is 27.9 Å². The molecular weight excluding hydrogens is 285 g/mol. The standard InChI is InChI=1S/C14H17Cl2NO2/c1-19-14(18)13-11-5-4-10(17-11)12(13)7-2-3-8(15)9(16)6-7/h6,10-13,17H,2-5H2,1H3. The molecule has 3 aliphatic rings. The topological polar surface area (TPSA) is 38.3 Å². The smallest absolute Gasteiger partial charge is 0.310 e. The van der Waals surface area contributed by atoms with Crippen molar-refractivity contribution in [1.82, 2.24) is 5.32 Å². The number of hydrogen-bond donors (Lipinski definition) is 1. The average molecular weight is 302 g/mol. The third-order valence-corrected chi connectivity index (χ3v) is 5.40. The zero-order valence-electron chi connectivity index (χ0n) is 10.8. The first-order valence-electron chi connectivity index (χ1n) is 6.70. The zero-order valence-corrected chi connectivity index (χ0v) is 12.3. The molecule has 0 aromatic rings. The summed E-state index contributed by atoms with van der Waals surface area (Å²) in [5, 5.41) is 4.87. The molecule has 3 rings (SSSR count). The molecular formula is C14H17Cl2NO2. The van der Waals surface area contributed by atoms with Crippen LogP contribution in [-0.2, 0) is 9.53 Å². The summed E-state index contributed by atoms with van der Waals surface area (Å²) in [5.41, 5.74) is 1.24. The van der Waals surface area contributed by atoms with E-state index in [1.165, 1.54) is 12.7 Å². The highest BCUT2D eigenvalue weighted by Gasteiger charge is 2.52. The normalized spacial score (nSPS) is 37.5. The molecule has 4 atom stereocenters. The summed E-state index contributed by atoms with van der Waals surface area (Å²) in [6.45, 7) is 0. The molecule has 5 heteroatoms. The van der Waals surface area contributed by atoms with Crippen LogP contribution in [-0.4, -0.2) is 25.2 Å². The molecule has 3 nitrogen and oxygen atoms in total. The molecule has 0 radical (unpaired) electrons. The molecule has 2 fully saturated rings. The Morgan fingerprint density at radius 3 is 2.74 bits per heavy atom. The van der Waals surface area contributed by atoms with Crippen molar-refractivity contribution in [2.45, 2.75) is 37.8 Å². The van der Waals surface area contributed by atoms with E-state index in [1.807, 2.05) is 6.08 Å². The van der Waals surface area contributed by atoms with Crippen LogP contribution in [0, 0.1) is 11.8 Å². The van der Waals surface area contributed by atoms with Crippen LogP contribution in [0.2, 0.25) is 0 Å². The first-order chi connectivity index (χ1) is 9.11. The van der Waals surface area contributed by atoms with Crippen molar-refractivity contribution in [1.29, 1.82) is 0 Å². The van der Waals surface area contributed by atoms with Gasteiger partial charge >= 0.3 is 5.97 Å². The summed E-state index contributed by atoms with van der Waals surface area (Å²) in [7, 11) is 1.46. The van der Waals surface area contributed by atoms with Gasteiger partial charge in [-0.3, -0.25) is 4.79 Å². The summed E-state index contributed by atoms with van der Waals surface area (Å²) in [4.78, 5) is 12.0. The fraction of sp³-hybridized carbons (Fsp3) is 0.643. The number of allylic oxidation sites excluding steroid dienone is 3. The Labute approximate surface area is 123 Å². The molecule has 0 amide bonds. The minimum Gasteiger partial charge on any atom is -0.469 e. The van der Waals surface area contributed by atoms with Crippen molar-refractivity contribution in [3.63, 3.8) is 0 Å². The van der Waals surface area contributed by atoms with Crippen molar-refractivity contribution in [3.05, 3.63) is 21.7 Å². The lowest BCUT2D eigenvalue weighted by molar-refractivity contribution is -0.147. The van der Waals surface area contributed by atoms with E-state index in [9.17, 15) is 4.79 Å². The van der Waals surface area contributed by atoms with Gasteiger partial charge in [0.1, 0.15) is 0 Å². The van der Waals surface area contributed by atoms with Crippen molar-refractivity contribution >= 4 is 29.2 Å². The first-order valence-corrected chi connectivity index (χ1v) is 7.46. The zero-order chi connectivity index (χ0) is 13.6. The summed E-state index contributed by atoms with van der Waals surface area (Å²) >= 11 is 12.2. The number of carbonyl (C=O) groups is 1. The maximum absolute atomic E-state index is 12.0. The van der Waals surface area contributed by atoms with Crippen molar-refractivity contribution in [2.75, 3.05) is 7.11 Å². The van der Waals surface area contributed by atoms with E-state index in [0.717, 1.165) is 30.7 Å². The largest absolute Gasteiger partial charge is 0.469 e. The van der Waals surface area contributed by atoms with E-state index < -0.39 is 0 Å². The average Bonchev–Trinajstić information content (AvgIpc) is 3.01. The number of carbonyl (C=O) groups excluding carboxylic acids is 1. The molecule has 104 valence electrons. The Morgan fingerprint density at radius 2 is 2.05 bits per heavy atom. The Morgan fingerprint density at radius 1 is 1.32 bits per heavy atom. The molecule has 2 bridgehead atoms. The maximum atomic E-state index is 12.0. The second kappa shape index (κ2) is 5.12. The Kier molecular flexibility index (Phi) is 3.63. The van der Waals surface area contributed by atoms with E-state index in [1.54, 1.807) is 0 Å². The van der Waals surface area contributed by atoms with E-state index in [0.29, 0.717) is 11.1 Å². The van der Waals surface area contributed by atoms with Crippen molar-refractivity contribution < 1.29 is 9.53 Å². The van der Waals surface area contributed by atoms with Crippen LogP contribution < -0.4 is 5.32 Å². The lowest BCUT2D eigenvalue weighted by Crippen LogP contribution is -2.35. The van der Waals surface area contributed by atoms with Crippen molar-refractivity contribution in [3.8, 4) is 0 Å². The van der Waals surface area contributed by atoms with Gasteiger partial charge < -0.3 is 10.1 Å². The number of methoxy groups -OCH3 is 1. The maximum Gasteiger partial charge on any atom is 0.310 e. The first kappa shape index (κ1) is 13.5. The minimum absolute atomic E-state index is 0.0728. The predicted molar refractivity (Wildman–Crippen MR) is 75.0 cm³/mol. The molecule has 0 saturated carbocycles. The molecule has 2 saturated heterocycles. The minimum atomic E-state index is -0.109. The van der Waals surface area contributed by atoms with Gasteiger partial charge in [-0.05, 0) is 31.8 Å². The molecule has 1 N–H and O–H groups in total. The number of hydrogen-bond acceptors (Lipinski definition) is 3.